The van der Waals surface area contributed by atoms with Crippen LogP contribution in [-0.2, 0) is 0 Å². The lowest BCUT2D eigenvalue weighted by atomic mass is 9.97. The predicted molar refractivity (Wildman–Crippen MR) is 182 cm³/mol. The Labute approximate surface area is 256 Å². The maximum atomic E-state index is 5.03. The number of fused-ring (bicyclic) bond motifs is 2. The largest absolute Gasteiger partial charge is 0.208 e. The third-order valence-electron chi connectivity index (χ3n) is 8.13. The summed E-state index contributed by atoms with van der Waals surface area (Å²) in [4.78, 5) is 15.0. The van der Waals surface area contributed by atoms with E-state index in [1.54, 1.807) is 0 Å². The molecule has 1 aromatic heterocycles. The average molecular weight is 562 g/mol. The van der Waals surface area contributed by atoms with E-state index < -0.39 is 0 Å². The lowest BCUT2D eigenvalue weighted by molar-refractivity contribution is 1.07. The Morgan fingerprint density at radius 1 is 0.273 bits per heavy atom. The van der Waals surface area contributed by atoms with E-state index in [9.17, 15) is 0 Å². The van der Waals surface area contributed by atoms with E-state index >= 15 is 0 Å². The number of aromatic nitrogens is 3. The van der Waals surface area contributed by atoms with Crippen LogP contribution in [0.4, 0.5) is 0 Å². The van der Waals surface area contributed by atoms with Crippen LogP contribution in [-0.4, -0.2) is 15.0 Å². The summed E-state index contributed by atoms with van der Waals surface area (Å²) in [6.07, 6.45) is 0. The fourth-order valence-corrected chi connectivity index (χ4v) is 5.93. The van der Waals surface area contributed by atoms with E-state index in [0.717, 1.165) is 27.8 Å². The second-order valence-electron chi connectivity index (χ2n) is 10.9. The van der Waals surface area contributed by atoms with Gasteiger partial charge in [0.25, 0.3) is 0 Å². The highest BCUT2D eigenvalue weighted by atomic mass is 15.0. The summed E-state index contributed by atoms with van der Waals surface area (Å²) in [5, 5.41) is 4.91. The van der Waals surface area contributed by atoms with Crippen LogP contribution >= 0.6 is 0 Å². The van der Waals surface area contributed by atoms with Crippen LogP contribution in [0.15, 0.2) is 164 Å². The van der Waals surface area contributed by atoms with E-state index in [-0.39, 0.29) is 0 Å². The maximum Gasteiger partial charge on any atom is 0.164 e. The third kappa shape index (κ3) is 4.81. The first-order valence-electron chi connectivity index (χ1n) is 14.8. The lowest BCUT2D eigenvalue weighted by Crippen LogP contribution is -2.00. The molecule has 0 unspecified atom stereocenters. The molecular weight excluding hydrogens is 534 g/mol. The van der Waals surface area contributed by atoms with Crippen molar-refractivity contribution < 1.29 is 0 Å². The zero-order valence-electron chi connectivity index (χ0n) is 23.9. The van der Waals surface area contributed by atoms with Crippen LogP contribution in [0, 0.1) is 0 Å². The first-order valence-corrected chi connectivity index (χ1v) is 14.8. The maximum absolute atomic E-state index is 5.03. The summed E-state index contributed by atoms with van der Waals surface area (Å²) >= 11 is 0. The molecule has 3 nitrogen and oxygen atoms in total. The number of nitrogens with zero attached hydrogens (tertiary/aromatic N) is 3. The topological polar surface area (TPSA) is 38.7 Å². The van der Waals surface area contributed by atoms with Crippen LogP contribution < -0.4 is 0 Å². The monoisotopic (exact) mass is 561 g/mol. The highest BCUT2D eigenvalue weighted by molar-refractivity contribution is 5.98. The molecule has 0 fully saturated rings. The first-order chi connectivity index (χ1) is 21.8. The molecule has 0 N–H and O–H groups in total. The van der Waals surface area contributed by atoms with Gasteiger partial charge in [0, 0.05) is 16.7 Å². The zero-order chi connectivity index (χ0) is 29.3. The van der Waals surface area contributed by atoms with Crippen molar-refractivity contribution in [1.82, 2.24) is 15.0 Å². The van der Waals surface area contributed by atoms with E-state index in [0.29, 0.717) is 17.5 Å². The number of hydrogen-bond acceptors (Lipinski definition) is 3. The minimum Gasteiger partial charge on any atom is -0.208 e. The van der Waals surface area contributed by atoms with E-state index in [1.165, 1.54) is 32.7 Å². The Balaban J connectivity index is 1.24. The quantitative estimate of drug-likeness (QED) is 0.210. The van der Waals surface area contributed by atoms with Crippen molar-refractivity contribution in [2.75, 3.05) is 0 Å². The minimum absolute atomic E-state index is 0.647. The Bertz CT molecular complexity index is 2260. The summed E-state index contributed by atoms with van der Waals surface area (Å²) in [6, 6.07) is 57.0. The van der Waals surface area contributed by atoms with Crippen molar-refractivity contribution in [3.63, 3.8) is 0 Å². The van der Waals surface area contributed by atoms with Crippen molar-refractivity contribution in [3.8, 4) is 56.4 Å². The summed E-state index contributed by atoms with van der Waals surface area (Å²) in [5.74, 6) is 1.95. The molecule has 44 heavy (non-hydrogen) atoms. The summed E-state index contributed by atoms with van der Waals surface area (Å²) in [7, 11) is 0. The molecule has 8 rings (SSSR count). The van der Waals surface area contributed by atoms with Crippen molar-refractivity contribution >= 4 is 21.5 Å². The van der Waals surface area contributed by atoms with Crippen LogP contribution in [0.1, 0.15) is 0 Å². The van der Waals surface area contributed by atoms with Crippen molar-refractivity contribution in [2.24, 2.45) is 0 Å². The fourth-order valence-electron chi connectivity index (χ4n) is 5.93. The van der Waals surface area contributed by atoms with E-state index in [1.807, 2.05) is 30.3 Å². The molecule has 8 aromatic rings. The predicted octanol–water partition coefficient (Wildman–Crippen LogP) is 10.5. The number of benzene rings is 7. The highest BCUT2D eigenvalue weighted by Gasteiger charge is 2.14. The molecule has 3 heteroatoms. The molecule has 0 aliphatic heterocycles. The van der Waals surface area contributed by atoms with Gasteiger partial charge in [0.2, 0.25) is 0 Å². The van der Waals surface area contributed by atoms with Gasteiger partial charge in [0.05, 0.1) is 0 Å². The van der Waals surface area contributed by atoms with Crippen LogP contribution in [0.25, 0.3) is 78.0 Å². The standard InChI is InChI=1S/C41H27N3/c1-2-13-31(14-3-1)39-42-40(32-25-23-30(24-26-32)37-21-9-15-28-11-4-6-19-35(28)37)44-41(43-39)34-18-8-17-33(27-34)38-22-10-16-29-12-5-7-20-36(29)38/h1-27H. The molecule has 0 radical (unpaired) electrons. The third-order valence-corrected chi connectivity index (χ3v) is 8.13. The van der Waals surface area contributed by atoms with Gasteiger partial charge in [0.15, 0.2) is 17.5 Å². The summed E-state index contributed by atoms with van der Waals surface area (Å²) in [6.45, 7) is 0. The lowest BCUT2D eigenvalue weighted by Gasteiger charge is -2.11. The molecular formula is C41H27N3. The van der Waals surface area contributed by atoms with Crippen molar-refractivity contribution in [3.05, 3.63) is 164 Å². The molecule has 0 atom stereocenters. The molecule has 0 aliphatic carbocycles. The van der Waals surface area contributed by atoms with Gasteiger partial charge < -0.3 is 0 Å². The van der Waals surface area contributed by atoms with Gasteiger partial charge in [-0.25, -0.2) is 15.0 Å². The molecule has 0 amide bonds. The second-order valence-corrected chi connectivity index (χ2v) is 10.9. The first kappa shape index (κ1) is 25.8. The molecule has 0 aliphatic rings. The van der Waals surface area contributed by atoms with Gasteiger partial charge in [-0.3, -0.25) is 0 Å². The summed E-state index contributed by atoms with van der Waals surface area (Å²) in [5.41, 5.74) is 7.53. The van der Waals surface area contributed by atoms with Gasteiger partial charge >= 0.3 is 0 Å². The zero-order valence-corrected chi connectivity index (χ0v) is 23.9. The molecule has 1 heterocycles. The van der Waals surface area contributed by atoms with Crippen molar-refractivity contribution in [1.29, 1.82) is 0 Å². The van der Waals surface area contributed by atoms with Gasteiger partial charge in [-0.15, -0.1) is 0 Å². The van der Waals surface area contributed by atoms with Gasteiger partial charge in [-0.2, -0.15) is 0 Å². The van der Waals surface area contributed by atoms with Crippen LogP contribution in [0.2, 0.25) is 0 Å². The molecule has 0 bridgehead atoms. The normalized spacial score (nSPS) is 11.2. The second kappa shape index (κ2) is 11.0. The summed E-state index contributed by atoms with van der Waals surface area (Å²) < 4.78 is 0. The molecule has 0 spiro atoms. The Morgan fingerprint density at radius 2 is 0.682 bits per heavy atom. The highest BCUT2D eigenvalue weighted by Crippen LogP contribution is 2.33. The minimum atomic E-state index is 0.647. The fraction of sp³-hybridized carbons (Fsp3) is 0. The SMILES string of the molecule is c1ccc(-c2nc(-c3ccc(-c4cccc5ccccc45)cc3)nc(-c3cccc(-c4cccc5ccccc45)c3)n2)cc1. The smallest absolute Gasteiger partial charge is 0.164 e. The van der Waals surface area contributed by atoms with Gasteiger partial charge in [0.1, 0.15) is 0 Å². The van der Waals surface area contributed by atoms with Crippen LogP contribution in [0.5, 0.6) is 0 Å². The van der Waals surface area contributed by atoms with E-state index in [4.69, 9.17) is 15.0 Å². The van der Waals surface area contributed by atoms with Gasteiger partial charge in [-0.1, -0.05) is 158 Å². The Morgan fingerprint density at radius 3 is 1.32 bits per heavy atom. The van der Waals surface area contributed by atoms with E-state index in [2.05, 4.69) is 133 Å². The molecule has 0 saturated carbocycles. The van der Waals surface area contributed by atoms with Crippen LogP contribution in [0.3, 0.4) is 0 Å². The number of rotatable bonds is 5. The van der Waals surface area contributed by atoms with Crippen molar-refractivity contribution in [2.45, 2.75) is 0 Å². The molecule has 7 aromatic carbocycles. The Hall–Kier alpha value is -5.93. The average Bonchev–Trinajstić information content (AvgIpc) is 3.11. The van der Waals surface area contributed by atoms with Gasteiger partial charge in [-0.05, 0) is 49.9 Å². The number of hydrogen-bond donors (Lipinski definition) is 0. The molecule has 206 valence electrons. The molecule has 0 saturated heterocycles. The Kier molecular flexibility index (Phi) is 6.47.